The van der Waals surface area contributed by atoms with E-state index in [0.717, 1.165) is 60.8 Å². The van der Waals surface area contributed by atoms with Gasteiger partial charge in [0.25, 0.3) is 0 Å². The lowest BCUT2D eigenvalue weighted by molar-refractivity contribution is -0.114. The fraction of sp³-hybridized carbons (Fsp3) is 0.417. The van der Waals surface area contributed by atoms with E-state index in [0.29, 0.717) is 16.7 Å². The molecule has 0 bridgehead atoms. The van der Waals surface area contributed by atoms with E-state index >= 15 is 0 Å². The molecule has 0 unspecified atom stereocenters. The molecule has 0 atom stereocenters. The second-order valence-corrected chi connectivity index (χ2v) is 10.5. The smallest absolute Gasteiger partial charge is 0.221 e. The first-order valence-electron chi connectivity index (χ1n) is 11.7. The van der Waals surface area contributed by atoms with E-state index in [1.165, 1.54) is 30.0 Å². The molecule has 0 spiro atoms. The lowest BCUT2D eigenvalue weighted by Crippen LogP contribution is -2.48. The fourth-order valence-corrected chi connectivity index (χ4v) is 5.06. The molecule has 0 aliphatic carbocycles. The number of thiazole rings is 1. The van der Waals surface area contributed by atoms with E-state index in [-0.39, 0.29) is 5.91 Å². The Hall–Kier alpha value is -2.93. The number of hydrogen-bond donors (Lipinski definition) is 2. The Morgan fingerprint density at radius 1 is 1.17 bits per heavy atom. The van der Waals surface area contributed by atoms with Gasteiger partial charge in [0.05, 0.1) is 7.11 Å². The number of anilines is 4. The van der Waals surface area contributed by atoms with Crippen LogP contribution in [-0.2, 0) is 4.79 Å². The number of nitrogens with zero attached hydrogens (tertiary/aromatic N) is 6. The fourth-order valence-electron chi connectivity index (χ4n) is 3.78. The second kappa shape index (κ2) is 12.3. The molecular formula is C24H32N8O2S2. The van der Waals surface area contributed by atoms with Crippen LogP contribution in [0.3, 0.4) is 0 Å². The summed E-state index contributed by atoms with van der Waals surface area (Å²) >= 11 is 2.96. The Bertz CT molecular complexity index is 1130. The van der Waals surface area contributed by atoms with Crippen molar-refractivity contribution in [3.63, 3.8) is 0 Å². The predicted octanol–water partition coefficient (Wildman–Crippen LogP) is 3.48. The van der Waals surface area contributed by atoms with Crippen molar-refractivity contribution in [3.05, 3.63) is 35.8 Å². The van der Waals surface area contributed by atoms with Crippen LogP contribution in [0.25, 0.3) is 0 Å². The molecule has 1 saturated heterocycles. The molecule has 1 aromatic carbocycles. The van der Waals surface area contributed by atoms with Crippen LogP contribution < -0.4 is 20.3 Å². The molecule has 3 aromatic rings. The number of benzene rings is 1. The first-order valence-corrected chi connectivity index (χ1v) is 13.4. The van der Waals surface area contributed by atoms with Gasteiger partial charge in [-0.25, -0.2) is 15.0 Å². The number of rotatable bonds is 10. The summed E-state index contributed by atoms with van der Waals surface area (Å²) in [7, 11) is 5.85. The minimum absolute atomic E-state index is 0.0988. The van der Waals surface area contributed by atoms with Crippen molar-refractivity contribution in [2.24, 2.45) is 0 Å². The number of carbonyl (C=O) groups excluding carboxylic acids is 1. The third-order valence-corrected chi connectivity index (χ3v) is 7.17. The number of carbonyl (C=O) groups is 1. The van der Waals surface area contributed by atoms with Gasteiger partial charge in [-0.1, -0.05) is 0 Å². The normalized spacial score (nSPS) is 14.2. The molecule has 2 N–H and O–H groups in total. The number of hydrogen-bond acceptors (Lipinski definition) is 11. The molecule has 1 aliphatic heterocycles. The topological polar surface area (TPSA) is 98.7 Å². The zero-order valence-electron chi connectivity index (χ0n) is 21.0. The SMILES string of the molecule is COc1c(Nc2nccs2)nc(Sc2ccc(NC(C)=O)cc2)nc1N1CCN(CCN(C)C)CC1. The molecular weight excluding hydrogens is 496 g/mol. The van der Waals surface area contributed by atoms with Crippen molar-refractivity contribution < 1.29 is 9.53 Å². The largest absolute Gasteiger partial charge is 0.490 e. The maximum absolute atomic E-state index is 11.3. The van der Waals surface area contributed by atoms with Crippen LogP contribution in [0, 0.1) is 0 Å². The van der Waals surface area contributed by atoms with Crippen LogP contribution in [0.1, 0.15) is 6.92 Å². The van der Waals surface area contributed by atoms with Gasteiger partial charge in [-0.05, 0) is 50.1 Å². The van der Waals surface area contributed by atoms with Crippen LogP contribution in [-0.4, -0.2) is 91.1 Å². The Morgan fingerprint density at radius 2 is 1.92 bits per heavy atom. The number of amides is 1. The van der Waals surface area contributed by atoms with Gasteiger partial charge in [-0.3, -0.25) is 9.69 Å². The van der Waals surface area contributed by atoms with Gasteiger partial charge in [-0.15, -0.1) is 11.3 Å². The van der Waals surface area contributed by atoms with E-state index in [4.69, 9.17) is 14.7 Å². The highest BCUT2D eigenvalue weighted by molar-refractivity contribution is 7.99. The second-order valence-electron chi connectivity index (χ2n) is 8.61. The maximum atomic E-state index is 11.3. The van der Waals surface area contributed by atoms with E-state index in [2.05, 4.69) is 44.4 Å². The Labute approximate surface area is 220 Å². The van der Waals surface area contributed by atoms with E-state index in [1.807, 2.05) is 29.6 Å². The molecule has 1 aliphatic rings. The van der Waals surface area contributed by atoms with Crippen molar-refractivity contribution in [2.45, 2.75) is 17.0 Å². The number of aromatic nitrogens is 3. The van der Waals surface area contributed by atoms with Crippen molar-refractivity contribution in [1.82, 2.24) is 24.8 Å². The number of ether oxygens (including phenoxy) is 1. The van der Waals surface area contributed by atoms with Crippen LogP contribution in [0.15, 0.2) is 45.9 Å². The summed E-state index contributed by atoms with van der Waals surface area (Å²) in [5, 5.41) is 9.35. The van der Waals surface area contributed by atoms with Crippen molar-refractivity contribution in [2.75, 3.05) is 76.0 Å². The summed E-state index contributed by atoms with van der Waals surface area (Å²) in [6, 6.07) is 7.63. The molecule has 192 valence electrons. The number of methoxy groups -OCH3 is 1. The van der Waals surface area contributed by atoms with Crippen LogP contribution in [0.2, 0.25) is 0 Å². The number of likely N-dealkylation sites (N-methyl/N-ethyl adjacent to an activating group) is 1. The quantitative estimate of drug-likeness (QED) is 0.381. The molecule has 12 heteroatoms. The van der Waals surface area contributed by atoms with Gasteiger partial charge in [0, 0.05) is 68.4 Å². The summed E-state index contributed by atoms with van der Waals surface area (Å²) in [6.07, 6.45) is 1.75. The standard InChI is InChI=1S/C24H32N8O2S2/c1-17(33)26-18-5-7-19(8-6-18)36-24-28-21(27-23-25-9-16-35-23)20(34-4)22(29-24)32-14-12-31(13-15-32)11-10-30(2)3/h5-9,16H,10-15H2,1-4H3,(H,26,33)(H,25,27,28,29). The van der Waals surface area contributed by atoms with Crippen molar-refractivity contribution in [1.29, 1.82) is 0 Å². The Morgan fingerprint density at radius 3 is 2.53 bits per heavy atom. The van der Waals surface area contributed by atoms with Crippen LogP contribution in [0.5, 0.6) is 5.75 Å². The predicted molar refractivity (Wildman–Crippen MR) is 146 cm³/mol. The number of piperazine rings is 1. The molecule has 0 saturated carbocycles. The lowest BCUT2D eigenvalue weighted by atomic mass is 10.3. The third kappa shape index (κ3) is 7.06. The third-order valence-electron chi connectivity index (χ3n) is 5.61. The average Bonchev–Trinajstić information content (AvgIpc) is 3.37. The molecule has 36 heavy (non-hydrogen) atoms. The van der Waals surface area contributed by atoms with Crippen molar-refractivity contribution in [3.8, 4) is 5.75 Å². The summed E-state index contributed by atoms with van der Waals surface area (Å²) in [4.78, 5) is 33.3. The van der Waals surface area contributed by atoms with Gasteiger partial charge >= 0.3 is 0 Å². The lowest BCUT2D eigenvalue weighted by Gasteiger charge is -2.36. The molecule has 1 fully saturated rings. The zero-order valence-corrected chi connectivity index (χ0v) is 22.7. The van der Waals surface area contributed by atoms with Gasteiger partial charge < -0.3 is 25.2 Å². The van der Waals surface area contributed by atoms with Gasteiger partial charge in [-0.2, -0.15) is 0 Å². The van der Waals surface area contributed by atoms with Gasteiger partial charge in [0.2, 0.25) is 11.7 Å². The number of nitrogens with one attached hydrogen (secondary N) is 2. The monoisotopic (exact) mass is 528 g/mol. The summed E-state index contributed by atoms with van der Waals surface area (Å²) < 4.78 is 5.82. The van der Waals surface area contributed by atoms with Crippen LogP contribution in [0.4, 0.5) is 22.5 Å². The highest BCUT2D eigenvalue weighted by Gasteiger charge is 2.25. The highest BCUT2D eigenvalue weighted by atomic mass is 32.2. The van der Waals surface area contributed by atoms with E-state index < -0.39 is 0 Å². The summed E-state index contributed by atoms with van der Waals surface area (Å²) in [5.41, 5.74) is 0.751. The van der Waals surface area contributed by atoms with Crippen LogP contribution >= 0.6 is 23.1 Å². The zero-order chi connectivity index (χ0) is 25.5. The first kappa shape index (κ1) is 26.1. The highest BCUT2D eigenvalue weighted by Crippen LogP contribution is 2.38. The van der Waals surface area contributed by atoms with Crippen molar-refractivity contribution >= 4 is 51.5 Å². The average molecular weight is 529 g/mol. The first-order chi connectivity index (χ1) is 17.4. The molecule has 2 aromatic heterocycles. The molecule has 3 heterocycles. The Kier molecular flexibility index (Phi) is 8.97. The maximum Gasteiger partial charge on any atom is 0.221 e. The minimum atomic E-state index is -0.0988. The minimum Gasteiger partial charge on any atom is -0.490 e. The molecule has 10 nitrogen and oxygen atoms in total. The molecule has 0 radical (unpaired) electrons. The summed E-state index contributed by atoms with van der Waals surface area (Å²) in [5.74, 6) is 1.87. The molecule has 1 amide bonds. The van der Waals surface area contributed by atoms with E-state index in [9.17, 15) is 4.79 Å². The summed E-state index contributed by atoms with van der Waals surface area (Å²) in [6.45, 7) is 7.22. The van der Waals surface area contributed by atoms with Gasteiger partial charge in [0.15, 0.2) is 21.9 Å². The molecule has 4 rings (SSSR count). The Balaban J connectivity index is 1.58. The van der Waals surface area contributed by atoms with E-state index in [1.54, 1.807) is 13.3 Å². The van der Waals surface area contributed by atoms with Gasteiger partial charge in [0.1, 0.15) is 0 Å².